The van der Waals surface area contributed by atoms with Gasteiger partial charge in [-0.2, -0.15) is 0 Å². The van der Waals surface area contributed by atoms with Crippen molar-refractivity contribution in [3.63, 3.8) is 0 Å². The van der Waals surface area contributed by atoms with E-state index in [2.05, 4.69) is 20.8 Å². The van der Waals surface area contributed by atoms with Crippen LogP contribution in [0.3, 0.4) is 0 Å². The molecule has 27 heavy (non-hydrogen) atoms. The average molecular weight is 382 g/mol. The largest absolute Gasteiger partial charge is 0.403 e. The van der Waals surface area contributed by atoms with E-state index in [0.29, 0.717) is 5.56 Å². The van der Waals surface area contributed by atoms with Crippen molar-refractivity contribution in [2.24, 2.45) is 0 Å². The Kier molecular flexibility index (Phi) is 5.92. The maximum absolute atomic E-state index is 13.0. The van der Waals surface area contributed by atoms with Gasteiger partial charge in [0.25, 0.3) is 11.8 Å². The van der Waals surface area contributed by atoms with E-state index in [-0.39, 0.29) is 17.9 Å². The van der Waals surface area contributed by atoms with Gasteiger partial charge in [-0.1, -0.05) is 69.3 Å². The number of nitrogens with zero attached hydrogens (tertiary/aromatic N) is 1. The van der Waals surface area contributed by atoms with Crippen molar-refractivity contribution in [2.45, 2.75) is 51.0 Å². The van der Waals surface area contributed by atoms with Gasteiger partial charge in [0.2, 0.25) is 0 Å². The average Bonchev–Trinajstić information content (AvgIpc) is 2.74. The first-order valence-electron chi connectivity index (χ1n) is 9.72. The zero-order valence-electron chi connectivity index (χ0n) is 16.2. The van der Waals surface area contributed by atoms with Crippen LogP contribution in [0.15, 0.2) is 60.7 Å². The summed E-state index contributed by atoms with van der Waals surface area (Å²) in [5, 5.41) is 0. The number of β-lactam (4-membered cyclic amide) rings is 1. The Morgan fingerprint density at radius 1 is 0.926 bits per heavy atom. The van der Waals surface area contributed by atoms with Gasteiger partial charge in [-0.15, -0.1) is 0 Å². The van der Waals surface area contributed by atoms with Gasteiger partial charge >= 0.3 is 0 Å². The first-order chi connectivity index (χ1) is 13.1. The van der Waals surface area contributed by atoms with E-state index in [1.54, 1.807) is 12.1 Å². The molecule has 0 saturated carbocycles. The van der Waals surface area contributed by atoms with E-state index < -0.39 is 14.4 Å². The Morgan fingerprint density at radius 3 is 1.96 bits per heavy atom. The Labute approximate surface area is 162 Å². The number of benzene rings is 2. The number of amides is 2. The van der Waals surface area contributed by atoms with Gasteiger partial charge in [-0.3, -0.25) is 14.5 Å². The smallest absolute Gasteiger partial charge is 0.261 e. The normalized spacial score (nSPS) is 19.7. The molecule has 0 N–H and O–H groups in total. The third-order valence-corrected chi connectivity index (χ3v) is 10.4. The first-order valence-corrected chi connectivity index (χ1v) is 12.2. The first kappa shape index (κ1) is 19.5. The molecule has 3 rings (SSSR count). The van der Waals surface area contributed by atoms with E-state index in [4.69, 9.17) is 4.43 Å². The molecule has 5 heteroatoms. The number of rotatable bonds is 7. The number of carbonyl (C=O) groups excluding carboxylic acids is 2. The van der Waals surface area contributed by atoms with Crippen molar-refractivity contribution in [1.82, 2.24) is 4.90 Å². The maximum Gasteiger partial charge on any atom is 0.261 e. The van der Waals surface area contributed by atoms with Gasteiger partial charge in [-0.25, -0.2) is 0 Å². The molecule has 2 aromatic rings. The fourth-order valence-corrected chi connectivity index (χ4v) is 6.54. The lowest BCUT2D eigenvalue weighted by atomic mass is 9.90. The fraction of sp³-hybridized carbons (Fsp3) is 0.364. The standard InChI is InChI=1S/C22H27NO3Si/c1-4-27(5-2,6-3)26-20-19(17-13-9-7-10-14-17)23(22(20)25)21(24)18-15-11-8-12-16-18/h7-16,19-20H,4-6H2,1-3H3/t19-,20+/m0/s1. The Hall–Kier alpha value is -2.24. The molecular weight excluding hydrogens is 354 g/mol. The summed E-state index contributed by atoms with van der Waals surface area (Å²) in [5.41, 5.74) is 1.47. The van der Waals surface area contributed by atoms with Crippen LogP contribution < -0.4 is 0 Å². The summed E-state index contributed by atoms with van der Waals surface area (Å²) in [6.45, 7) is 6.44. The van der Waals surface area contributed by atoms with Crippen LogP contribution in [0.25, 0.3) is 0 Å². The second-order valence-corrected chi connectivity index (χ2v) is 11.7. The topological polar surface area (TPSA) is 46.6 Å². The van der Waals surface area contributed by atoms with E-state index >= 15 is 0 Å². The van der Waals surface area contributed by atoms with E-state index in [1.807, 2.05) is 48.5 Å². The second kappa shape index (κ2) is 8.19. The van der Waals surface area contributed by atoms with Gasteiger partial charge in [0.1, 0.15) is 0 Å². The highest BCUT2D eigenvalue weighted by atomic mass is 28.4. The summed E-state index contributed by atoms with van der Waals surface area (Å²) in [7, 11) is -1.97. The SMILES string of the molecule is CC[Si](CC)(CC)O[C@H]1C(=O)N(C(=O)c2ccccc2)[C@H]1c1ccccc1. The van der Waals surface area contributed by atoms with Crippen molar-refractivity contribution in [3.8, 4) is 0 Å². The molecule has 142 valence electrons. The number of hydrogen-bond acceptors (Lipinski definition) is 3. The molecule has 1 fully saturated rings. The highest BCUT2D eigenvalue weighted by Crippen LogP contribution is 2.41. The third-order valence-electron chi connectivity index (χ3n) is 5.74. The molecule has 0 aliphatic carbocycles. The lowest BCUT2D eigenvalue weighted by Crippen LogP contribution is -2.64. The van der Waals surface area contributed by atoms with Crippen molar-refractivity contribution in [3.05, 3.63) is 71.8 Å². The third kappa shape index (κ3) is 3.62. The van der Waals surface area contributed by atoms with Crippen LogP contribution in [0.1, 0.15) is 42.7 Å². The van der Waals surface area contributed by atoms with Gasteiger partial charge in [0.05, 0.1) is 6.04 Å². The van der Waals surface area contributed by atoms with Gasteiger partial charge in [0, 0.05) is 5.56 Å². The minimum Gasteiger partial charge on any atom is -0.403 e. The molecule has 2 aromatic carbocycles. The van der Waals surface area contributed by atoms with Crippen LogP contribution in [-0.2, 0) is 9.22 Å². The summed E-state index contributed by atoms with van der Waals surface area (Å²) in [5.74, 6) is -0.476. The van der Waals surface area contributed by atoms with Crippen LogP contribution in [0.2, 0.25) is 18.1 Å². The van der Waals surface area contributed by atoms with E-state index in [0.717, 1.165) is 23.7 Å². The van der Waals surface area contributed by atoms with Crippen LogP contribution in [-0.4, -0.2) is 31.1 Å². The Balaban J connectivity index is 1.94. The second-order valence-electron chi connectivity index (χ2n) is 7.02. The number of hydrogen-bond donors (Lipinski definition) is 0. The van der Waals surface area contributed by atoms with Crippen molar-refractivity contribution < 1.29 is 14.0 Å². The van der Waals surface area contributed by atoms with Crippen LogP contribution in [0, 0.1) is 0 Å². The van der Waals surface area contributed by atoms with Crippen molar-refractivity contribution in [1.29, 1.82) is 0 Å². The van der Waals surface area contributed by atoms with Crippen LogP contribution in [0.5, 0.6) is 0 Å². The van der Waals surface area contributed by atoms with Crippen LogP contribution in [0.4, 0.5) is 0 Å². The highest BCUT2D eigenvalue weighted by Gasteiger charge is 2.54. The number of imide groups is 1. The zero-order valence-corrected chi connectivity index (χ0v) is 17.2. The number of likely N-dealkylation sites (tertiary alicyclic amines) is 1. The summed E-state index contributed by atoms with van der Waals surface area (Å²) < 4.78 is 6.51. The van der Waals surface area contributed by atoms with Crippen molar-refractivity contribution >= 4 is 20.1 Å². The predicted octanol–water partition coefficient (Wildman–Crippen LogP) is 4.80. The molecule has 1 aliphatic heterocycles. The number of carbonyl (C=O) groups is 2. The summed E-state index contributed by atoms with van der Waals surface area (Å²) in [6, 6.07) is 21.3. The molecule has 4 nitrogen and oxygen atoms in total. The van der Waals surface area contributed by atoms with E-state index in [1.165, 1.54) is 4.90 Å². The molecule has 1 heterocycles. The summed E-state index contributed by atoms with van der Waals surface area (Å²) >= 11 is 0. The zero-order chi connectivity index (χ0) is 19.4. The molecule has 0 radical (unpaired) electrons. The lowest BCUT2D eigenvalue weighted by molar-refractivity contribution is -0.158. The fourth-order valence-electron chi connectivity index (χ4n) is 3.77. The molecule has 0 aromatic heterocycles. The molecule has 1 saturated heterocycles. The minimum absolute atomic E-state index is 0.218. The Bertz CT molecular complexity index is 781. The van der Waals surface area contributed by atoms with E-state index in [9.17, 15) is 9.59 Å². The van der Waals surface area contributed by atoms with Crippen LogP contribution >= 0.6 is 0 Å². The monoisotopic (exact) mass is 381 g/mol. The lowest BCUT2D eigenvalue weighted by Gasteiger charge is -2.48. The Morgan fingerprint density at radius 2 is 1.44 bits per heavy atom. The predicted molar refractivity (Wildman–Crippen MR) is 109 cm³/mol. The van der Waals surface area contributed by atoms with Gasteiger partial charge in [-0.05, 0) is 35.8 Å². The van der Waals surface area contributed by atoms with Gasteiger partial charge in [0.15, 0.2) is 14.4 Å². The maximum atomic E-state index is 13.0. The quantitative estimate of drug-likeness (QED) is 0.393. The van der Waals surface area contributed by atoms with Gasteiger partial charge < -0.3 is 4.43 Å². The molecular formula is C22H27NO3Si. The molecule has 0 spiro atoms. The van der Waals surface area contributed by atoms with Crippen molar-refractivity contribution in [2.75, 3.05) is 0 Å². The minimum atomic E-state index is -1.97. The summed E-state index contributed by atoms with van der Waals surface area (Å²) in [6.07, 6.45) is -0.563. The molecule has 2 atom stereocenters. The molecule has 2 amide bonds. The molecule has 0 bridgehead atoms. The molecule has 1 aliphatic rings. The molecule has 0 unspecified atom stereocenters. The highest BCUT2D eigenvalue weighted by molar-refractivity contribution is 6.73. The summed E-state index contributed by atoms with van der Waals surface area (Å²) in [4.78, 5) is 27.4.